The summed E-state index contributed by atoms with van der Waals surface area (Å²) in [5.74, 6) is 0.937. The quantitative estimate of drug-likeness (QED) is 0.500. The molecule has 1 amide bonds. The molecule has 200 valence electrons. The lowest BCUT2D eigenvalue weighted by molar-refractivity contribution is -0.126. The molecule has 3 aliphatic rings. The average molecular weight is 517 g/mol. The molecule has 38 heavy (non-hydrogen) atoms. The van der Waals surface area contributed by atoms with Crippen molar-refractivity contribution in [3.05, 3.63) is 47.8 Å². The van der Waals surface area contributed by atoms with E-state index in [9.17, 15) is 4.79 Å². The summed E-state index contributed by atoms with van der Waals surface area (Å²) in [7, 11) is 2.15. The number of anilines is 2. The van der Waals surface area contributed by atoms with Crippen molar-refractivity contribution >= 4 is 28.3 Å². The fourth-order valence-electron chi connectivity index (χ4n) is 6.07. The summed E-state index contributed by atoms with van der Waals surface area (Å²) in [5, 5.41) is 8.52. The molecule has 6 rings (SSSR count). The summed E-state index contributed by atoms with van der Waals surface area (Å²) < 4.78 is 6.26. The zero-order valence-corrected chi connectivity index (χ0v) is 22.3. The van der Waals surface area contributed by atoms with Gasteiger partial charge in [-0.25, -0.2) is 0 Å². The van der Waals surface area contributed by atoms with Crippen molar-refractivity contribution in [3.63, 3.8) is 0 Å². The standard InChI is InChI=1S/C28H36N8O2/c1-4-25(37)34-12-14-35(15-13-34)27-21-9-11-36(26-19(2)7-8-23-22(26)16-29-32-23)17-24(21)30-28(31-27)38-18-20-6-5-10-33(20)3/h4,7-8,16,20H,1,5-6,9-15,17-18H2,2-3H3,(H,29,32). The Morgan fingerprint density at radius 3 is 2.76 bits per heavy atom. The SMILES string of the molecule is C=CC(=O)N1CCN(c2nc(OCC3CCCN3C)nc3c2CCN(c2c(C)ccc4[nH]ncc24)C3)CC1. The van der Waals surface area contributed by atoms with Gasteiger partial charge in [-0.2, -0.15) is 15.1 Å². The number of aryl methyl sites for hydroxylation is 1. The number of H-pyrrole nitrogens is 1. The highest BCUT2D eigenvalue weighted by Crippen LogP contribution is 2.35. The fraction of sp³-hybridized carbons (Fsp3) is 0.500. The van der Waals surface area contributed by atoms with Crippen LogP contribution in [-0.4, -0.2) is 94.8 Å². The summed E-state index contributed by atoms with van der Waals surface area (Å²) >= 11 is 0. The van der Waals surface area contributed by atoms with Crippen molar-refractivity contribution in [1.82, 2.24) is 30.0 Å². The van der Waals surface area contributed by atoms with E-state index in [4.69, 9.17) is 14.7 Å². The van der Waals surface area contributed by atoms with E-state index >= 15 is 0 Å². The van der Waals surface area contributed by atoms with Crippen LogP contribution in [0.2, 0.25) is 0 Å². The predicted molar refractivity (Wildman–Crippen MR) is 148 cm³/mol. The monoisotopic (exact) mass is 516 g/mol. The molecule has 1 N–H and O–H groups in total. The van der Waals surface area contributed by atoms with Gasteiger partial charge in [0.25, 0.3) is 0 Å². The zero-order chi connectivity index (χ0) is 26.2. The van der Waals surface area contributed by atoms with E-state index in [1.807, 2.05) is 11.1 Å². The molecule has 0 spiro atoms. The fourth-order valence-corrected chi connectivity index (χ4v) is 6.07. The third-order valence-corrected chi connectivity index (χ3v) is 8.28. The summed E-state index contributed by atoms with van der Waals surface area (Å²) in [6, 6.07) is 5.07. The van der Waals surface area contributed by atoms with Gasteiger partial charge in [-0.1, -0.05) is 12.6 Å². The van der Waals surface area contributed by atoms with Crippen LogP contribution in [0.15, 0.2) is 31.0 Å². The molecular formula is C28H36N8O2. The number of piperazine rings is 1. The molecule has 1 unspecified atom stereocenters. The second-order valence-corrected chi connectivity index (χ2v) is 10.6. The van der Waals surface area contributed by atoms with Crippen molar-refractivity contribution < 1.29 is 9.53 Å². The first-order valence-electron chi connectivity index (χ1n) is 13.6. The molecule has 0 aliphatic carbocycles. The number of nitrogens with zero attached hydrogens (tertiary/aromatic N) is 7. The number of benzene rings is 1. The molecule has 10 heteroatoms. The number of nitrogens with one attached hydrogen (secondary N) is 1. The third-order valence-electron chi connectivity index (χ3n) is 8.28. The molecule has 2 saturated heterocycles. The molecule has 0 saturated carbocycles. The van der Waals surface area contributed by atoms with E-state index in [1.54, 1.807) is 0 Å². The maximum absolute atomic E-state index is 12.1. The lowest BCUT2D eigenvalue weighted by atomic mass is 10.0. The van der Waals surface area contributed by atoms with Crippen molar-refractivity contribution in [2.24, 2.45) is 0 Å². The minimum Gasteiger partial charge on any atom is -0.462 e. The van der Waals surface area contributed by atoms with Gasteiger partial charge in [0.2, 0.25) is 5.91 Å². The normalized spacial score (nSPS) is 20.2. The number of likely N-dealkylation sites (N-methyl/N-ethyl adjacent to an activating group) is 1. The molecule has 2 aromatic heterocycles. The van der Waals surface area contributed by atoms with E-state index in [2.05, 4.69) is 57.6 Å². The van der Waals surface area contributed by atoms with Crippen molar-refractivity contribution in [1.29, 1.82) is 0 Å². The predicted octanol–water partition coefficient (Wildman–Crippen LogP) is 2.53. The number of carbonyl (C=O) groups is 1. The molecule has 3 aliphatic heterocycles. The van der Waals surface area contributed by atoms with Crippen LogP contribution in [-0.2, 0) is 17.8 Å². The third kappa shape index (κ3) is 4.57. The highest BCUT2D eigenvalue weighted by Gasteiger charge is 2.30. The van der Waals surface area contributed by atoms with Crippen LogP contribution in [0.3, 0.4) is 0 Å². The zero-order valence-electron chi connectivity index (χ0n) is 22.3. The van der Waals surface area contributed by atoms with Crippen LogP contribution in [0.25, 0.3) is 10.9 Å². The van der Waals surface area contributed by atoms with Gasteiger partial charge in [-0.05, 0) is 57.5 Å². The topological polar surface area (TPSA) is 93.7 Å². The Bertz CT molecular complexity index is 1350. The number of rotatable bonds is 6. The smallest absolute Gasteiger partial charge is 0.318 e. The van der Waals surface area contributed by atoms with Gasteiger partial charge in [0.15, 0.2) is 0 Å². The van der Waals surface area contributed by atoms with E-state index in [0.717, 1.165) is 61.4 Å². The van der Waals surface area contributed by atoms with Gasteiger partial charge < -0.3 is 24.3 Å². The molecule has 0 bridgehead atoms. The molecule has 0 radical (unpaired) electrons. The lowest BCUT2D eigenvalue weighted by Gasteiger charge is -2.38. The first kappa shape index (κ1) is 24.7. The summed E-state index contributed by atoms with van der Waals surface area (Å²) in [6.07, 6.45) is 6.48. The van der Waals surface area contributed by atoms with Crippen molar-refractivity contribution in [2.45, 2.75) is 38.8 Å². The molecule has 2 fully saturated rings. The van der Waals surface area contributed by atoms with Crippen LogP contribution in [0.1, 0.15) is 29.7 Å². The summed E-state index contributed by atoms with van der Waals surface area (Å²) in [5.41, 5.74) is 5.66. The van der Waals surface area contributed by atoms with Crippen LogP contribution in [0.4, 0.5) is 11.5 Å². The number of ether oxygens (including phenoxy) is 1. The Hall–Kier alpha value is -3.66. The highest BCUT2D eigenvalue weighted by atomic mass is 16.5. The first-order valence-corrected chi connectivity index (χ1v) is 13.6. The van der Waals surface area contributed by atoms with E-state index < -0.39 is 0 Å². The summed E-state index contributed by atoms with van der Waals surface area (Å²) in [4.78, 5) is 31.0. The van der Waals surface area contributed by atoms with Gasteiger partial charge >= 0.3 is 6.01 Å². The second kappa shape index (κ2) is 10.2. The first-order chi connectivity index (χ1) is 18.5. The van der Waals surface area contributed by atoms with E-state index in [1.165, 1.54) is 29.3 Å². The van der Waals surface area contributed by atoms with Crippen molar-refractivity contribution in [2.75, 3.05) is 62.7 Å². The van der Waals surface area contributed by atoms with Gasteiger partial charge in [0.1, 0.15) is 12.4 Å². The Labute approximate surface area is 223 Å². The highest BCUT2D eigenvalue weighted by molar-refractivity contribution is 5.93. The number of aromatic nitrogens is 4. The Balaban J connectivity index is 1.31. The Morgan fingerprint density at radius 1 is 1.16 bits per heavy atom. The Kier molecular flexibility index (Phi) is 6.65. The van der Waals surface area contributed by atoms with Crippen LogP contribution in [0.5, 0.6) is 6.01 Å². The lowest BCUT2D eigenvalue weighted by Crippen LogP contribution is -2.49. The number of hydrogen-bond donors (Lipinski definition) is 1. The molecule has 1 atom stereocenters. The minimum absolute atomic E-state index is 0.0153. The molecule has 3 aromatic rings. The van der Waals surface area contributed by atoms with Gasteiger partial charge in [-0.3, -0.25) is 9.89 Å². The number of likely N-dealkylation sites (tertiary alicyclic amines) is 1. The van der Waals surface area contributed by atoms with E-state index in [0.29, 0.717) is 38.3 Å². The largest absolute Gasteiger partial charge is 0.462 e. The van der Waals surface area contributed by atoms with Crippen LogP contribution >= 0.6 is 0 Å². The number of carbonyl (C=O) groups excluding carboxylic acids is 1. The van der Waals surface area contributed by atoms with Crippen molar-refractivity contribution in [3.8, 4) is 6.01 Å². The van der Waals surface area contributed by atoms with Crippen LogP contribution < -0.4 is 14.5 Å². The maximum Gasteiger partial charge on any atom is 0.318 e. The molecule has 5 heterocycles. The van der Waals surface area contributed by atoms with Gasteiger partial charge in [0.05, 0.1) is 29.6 Å². The second-order valence-electron chi connectivity index (χ2n) is 10.6. The minimum atomic E-state index is -0.0153. The summed E-state index contributed by atoms with van der Waals surface area (Å²) in [6.45, 7) is 11.8. The maximum atomic E-state index is 12.1. The number of aromatic amines is 1. The average Bonchev–Trinajstić information content (AvgIpc) is 3.59. The Morgan fingerprint density at radius 2 is 2.00 bits per heavy atom. The number of amides is 1. The molecule has 10 nitrogen and oxygen atoms in total. The molecule has 1 aromatic carbocycles. The number of hydrogen-bond acceptors (Lipinski definition) is 8. The van der Waals surface area contributed by atoms with Crippen LogP contribution in [0, 0.1) is 6.92 Å². The van der Waals surface area contributed by atoms with E-state index in [-0.39, 0.29) is 5.91 Å². The number of fused-ring (bicyclic) bond motifs is 2. The van der Waals surface area contributed by atoms with Gasteiger partial charge in [-0.15, -0.1) is 0 Å². The van der Waals surface area contributed by atoms with Gasteiger partial charge in [0, 0.05) is 49.7 Å². The molecular weight excluding hydrogens is 480 g/mol.